The van der Waals surface area contributed by atoms with Crippen LogP contribution in [0.4, 0.5) is 26.3 Å². The quantitative estimate of drug-likeness (QED) is 0.497. The number of benzene rings is 1. The lowest BCUT2D eigenvalue weighted by atomic mass is 9.73. The number of hydrogen-bond acceptors (Lipinski definition) is 4. The highest BCUT2D eigenvalue weighted by Crippen LogP contribution is 2.49. The van der Waals surface area contributed by atoms with Crippen LogP contribution in [-0.4, -0.2) is 65.4 Å². The van der Waals surface area contributed by atoms with Crippen molar-refractivity contribution >= 4 is 17.6 Å². The van der Waals surface area contributed by atoms with Crippen molar-refractivity contribution in [2.75, 3.05) is 19.8 Å². The van der Waals surface area contributed by atoms with Gasteiger partial charge in [0.05, 0.1) is 17.5 Å². The normalized spacial score (nSPS) is 25.0. The second-order valence-corrected chi connectivity index (χ2v) is 10.7. The highest BCUT2D eigenvalue weighted by Gasteiger charge is 2.55. The Bertz CT molecular complexity index is 1100. The number of ketones is 1. The van der Waals surface area contributed by atoms with Gasteiger partial charge in [-0.05, 0) is 55.7 Å². The Balaban J connectivity index is 1.62. The molecule has 2 amide bonds. The average Bonchev–Trinajstić information content (AvgIpc) is 3.29. The molecule has 3 aliphatic rings. The fraction of sp³-hybridized carbons (Fsp3) is 0.654. The molecular formula is C26H30F6N2O4. The first kappa shape index (κ1) is 28.4. The van der Waals surface area contributed by atoms with Crippen molar-refractivity contribution < 1.29 is 45.5 Å². The van der Waals surface area contributed by atoms with Gasteiger partial charge in [-0.15, -0.1) is 0 Å². The summed E-state index contributed by atoms with van der Waals surface area (Å²) in [5.41, 5.74) is -1.91. The topological polar surface area (TPSA) is 66.9 Å². The molecule has 1 aromatic carbocycles. The summed E-state index contributed by atoms with van der Waals surface area (Å²) in [4.78, 5) is 41.3. The number of carbonyl (C=O) groups excluding carboxylic acids is 3. The number of carbonyl (C=O) groups is 3. The summed E-state index contributed by atoms with van der Waals surface area (Å²) in [5, 5.41) is 0. The first-order valence-corrected chi connectivity index (χ1v) is 12.6. The van der Waals surface area contributed by atoms with Gasteiger partial charge < -0.3 is 14.5 Å². The van der Waals surface area contributed by atoms with Crippen molar-refractivity contribution in [3.05, 3.63) is 34.9 Å². The van der Waals surface area contributed by atoms with Crippen molar-refractivity contribution in [1.82, 2.24) is 9.80 Å². The third-order valence-corrected chi connectivity index (χ3v) is 8.23. The van der Waals surface area contributed by atoms with Gasteiger partial charge in [-0.1, -0.05) is 19.9 Å². The summed E-state index contributed by atoms with van der Waals surface area (Å²) >= 11 is 0. The molecule has 0 bridgehead atoms. The van der Waals surface area contributed by atoms with E-state index in [1.165, 1.54) is 4.90 Å². The number of halogens is 6. The van der Waals surface area contributed by atoms with Crippen LogP contribution < -0.4 is 0 Å². The molecule has 210 valence electrons. The molecule has 0 unspecified atom stereocenters. The van der Waals surface area contributed by atoms with E-state index in [4.69, 9.17) is 4.74 Å². The van der Waals surface area contributed by atoms with Gasteiger partial charge in [0.1, 0.15) is 0 Å². The molecular weight excluding hydrogens is 518 g/mol. The second-order valence-electron chi connectivity index (χ2n) is 10.7. The van der Waals surface area contributed by atoms with Gasteiger partial charge in [-0.2, -0.15) is 26.3 Å². The van der Waals surface area contributed by atoms with Crippen molar-refractivity contribution in [2.24, 2.45) is 11.3 Å². The first-order valence-electron chi connectivity index (χ1n) is 12.6. The fourth-order valence-electron chi connectivity index (χ4n) is 6.14. The summed E-state index contributed by atoms with van der Waals surface area (Å²) in [6.07, 6.45) is -8.87. The Labute approximate surface area is 216 Å². The van der Waals surface area contributed by atoms with E-state index in [0.717, 1.165) is 23.1 Å². The minimum absolute atomic E-state index is 0.0250. The highest BCUT2D eigenvalue weighted by molar-refractivity contribution is 6.02. The fourth-order valence-corrected chi connectivity index (χ4v) is 6.14. The maximum Gasteiger partial charge on any atom is 0.471 e. The molecule has 0 aromatic heterocycles. The summed E-state index contributed by atoms with van der Waals surface area (Å²) < 4.78 is 85.8. The standard InChI is InChI=1S/C26H30F6N2O4/c1-15(2)24(8-5-19(12-24)34(23(37)26(30,31)32)18-6-9-38-10-7-18)22(36)33-13-16-11-17(25(27,28)29)3-4-20(16)21(35)14-33/h3-4,11,15,18-19H,5-10,12-14H2,1-2H3/t19-,24+/m1/s1. The summed E-state index contributed by atoms with van der Waals surface area (Å²) in [6.45, 7) is 3.42. The van der Waals surface area contributed by atoms with Crippen LogP contribution >= 0.6 is 0 Å². The molecule has 2 heterocycles. The summed E-state index contributed by atoms with van der Waals surface area (Å²) in [5.74, 6) is -3.28. The molecule has 4 rings (SSSR count). The molecule has 2 fully saturated rings. The molecule has 2 aliphatic heterocycles. The number of Topliss-reactive ketones (excluding diaryl/α,β-unsaturated/α-hetero) is 1. The lowest BCUT2D eigenvalue weighted by Crippen LogP contribution is -2.54. The van der Waals surface area contributed by atoms with E-state index < -0.39 is 53.0 Å². The van der Waals surface area contributed by atoms with E-state index in [1.807, 2.05) is 0 Å². The molecule has 12 heteroatoms. The molecule has 1 aromatic rings. The molecule has 0 radical (unpaired) electrons. The second kappa shape index (κ2) is 10.2. The summed E-state index contributed by atoms with van der Waals surface area (Å²) in [7, 11) is 0. The zero-order valence-electron chi connectivity index (χ0n) is 21.1. The predicted molar refractivity (Wildman–Crippen MR) is 123 cm³/mol. The van der Waals surface area contributed by atoms with Crippen molar-refractivity contribution in [1.29, 1.82) is 0 Å². The average molecular weight is 549 g/mol. The van der Waals surface area contributed by atoms with Gasteiger partial charge in [0.2, 0.25) is 5.91 Å². The summed E-state index contributed by atoms with van der Waals surface area (Å²) in [6, 6.07) is 1.28. The molecule has 1 aliphatic carbocycles. The first-order chi connectivity index (χ1) is 17.6. The maximum absolute atomic E-state index is 13.9. The van der Waals surface area contributed by atoms with Gasteiger partial charge in [-0.25, -0.2) is 0 Å². The van der Waals surface area contributed by atoms with Crippen LogP contribution in [0.5, 0.6) is 0 Å². The van der Waals surface area contributed by atoms with Crippen LogP contribution in [0.2, 0.25) is 0 Å². The van der Waals surface area contributed by atoms with Gasteiger partial charge in [0.25, 0.3) is 0 Å². The van der Waals surface area contributed by atoms with E-state index >= 15 is 0 Å². The Hall–Kier alpha value is -2.63. The molecule has 1 saturated heterocycles. The van der Waals surface area contributed by atoms with Gasteiger partial charge in [0, 0.05) is 37.4 Å². The Morgan fingerprint density at radius 2 is 1.68 bits per heavy atom. The van der Waals surface area contributed by atoms with E-state index in [-0.39, 0.29) is 75.5 Å². The SMILES string of the molecule is CC(C)[C@]1(C(=O)N2CC(=O)c3ccc(C(F)(F)F)cc3C2)CC[C@@H](N(C(=O)C(F)(F)F)C2CCOCC2)C1. The molecule has 1 saturated carbocycles. The van der Waals surface area contributed by atoms with E-state index in [9.17, 15) is 40.7 Å². The Morgan fingerprint density at radius 1 is 1.03 bits per heavy atom. The van der Waals surface area contributed by atoms with Crippen molar-refractivity contribution in [3.8, 4) is 0 Å². The lowest BCUT2D eigenvalue weighted by Gasteiger charge is -2.42. The van der Waals surface area contributed by atoms with E-state index in [0.29, 0.717) is 0 Å². The van der Waals surface area contributed by atoms with E-state index in [2.05, 4.69) is 0 Å². The monoisotopic (exact) mass is 548 g/mol. The number of hydrogen-bond donors (Lipinski definition) is 0. The predicted octanol–water partition coefficient (Wildman–Crippen LogP) is 5.00. The smallest absolute Gasteiger partial charge is 0.381 e. The maximum atomic E-state index is 13.9. The molecule has 0 spiro atoms. The van der Waals surface area contributed by atoms with Gasteiger partial charge >= 0.3 is 18.3 Å². The van der Waals surface area contributed by atoms with Crippen molar-refractivity contribution in [3.63, 3.8) is 0 Å². The lowest BCUT2D eigenvalue weighted by molar-refractivity contribution is -0.192. The number of alkyl halides is 6. The minimum atomic E-state index is -5.08. The van der Waals surface area contributed by atoms with Crippen LogP contribution in [0.15, 0.2) is 18.2 Å². The van der Waals surface area contributed by atoms with Crippen LogP contribution in [0.1, 0.15) is 67.4 Å². The molecule has 0 N–H and O–H groups in total. The van der Waals surface area contributed by atoms with Gasteiger partial charge in [-0.3, -0.25) is 14.4 Å². The number of nitrogens with zero attached hydrogens (tertiary/aromatic N) is 2. The Morgan fingerprint density at radius 3 is 2.26 bits per heavy atom. The minimum Gasteiger partial charge on any atom is -0.381 e. The van der Waals surface area contributed by atoms with Crippen LogP contribution in [0, 0.1) is 11.3 Å². The Kier molecular flexibility index (Phi) is 7.59. The number of rotatable bonds is 4. The zero-order chi connectivity index (χ0) is 28.0. The largest absolute Gasteiger partial charge is 0.471 e. The van der Waals surface area contributed by atoms with Crippen LogP contribution in [0.3, 0.4) is 0 Å². The number of fused-ring (bicyclic) bond motifs is 1. The molecule has 38 heavy (non-hydrogen) atoms. The zero-order valence-corrected chi connectivity index (χ0v) is 21.1. The van der Waals surface area contributed by atoms with Crippen LogP contribution in [0.25, 0.3) is 0 Å². The number of amides is 2. The van der Waals surface area contributed by atoms with Gasteiger partial charge in [0.15, 0.2) is 5.78 Å². The van der Waals surface area contributed by atoms with Crippen LogP contribution in [-0.2, 0) is 27.0 Å². The third-order valence-electron chi connectivity index (χ3n) is 8.23. The molecule has 2 atom stereocenters. The van der Waals surface area contributed by atoms with E-state index in [1.54, 1.807) is 13.8 Å². The third kappa shape index (κ3) is 5.28. The highest BCUT2D eigenvalue weighted by atomic mass is 19.4. The molecule has 6 nitrogen and oxygen atoms in total. The van der Waals surface area contributed by atoms with Crippen molar-refractivity contribution in [2.45, 2.75) is 76.9 Å². The number of ether oxygens (including phenoxy) is 1.